The third-order valence-corrected chi connectivity index (χ3v) is 6.48. The quantitative estimate of drug-likeness (QED) is 0.170. The molecule has 10 heteroatoms. The highest BCUT2D eigenvalue weighted by molar-refractivity contribution is 9.10. The first kappa shape index (κ1) is 22.1. The second kappa shape index (κ2) is 9.24. The molecule has 0 atom stereocenters. The molecule has 0 bridgehead atoms. The maximum Gasteiger partial charge on any atom is 0.275 e. The maximum atomic E-state index is 13.2. The molecule has 34 heavy (non-hydrogen) atoms. The van der Waals surface area contributed by atoms with Gasteiger partial charge in [-0.1, -0.05) is 58.0 Å². The number of rotatable bonds is 5. The predicted molar refractivity (Wildman–Crippen MR) is 135 cm³/mol. The molecule has 0 aliphatic rings. The summed E-state index contributed by atoms with van der Waals surface area (Å²) in [5, 5.41) is 19.4. The SMILES string of the molecule is O=C(CSc1nc2ccccc2c(=O)n1-c1ccccc1)N=Nc1c(O)[nH]c2ccc(Br)cc12. The van der Waals surface area contributed by atoms with Crippen LogP contribution in [0.4, 0.5) is 5.69 Å². The number of amides is 1. The molecule has 0 saturated heterocycles. The first-order valence-corrected chi connectivity index (χ1v) is 11.9. The van der Waals surface area contributed by atoms with E-state index >= 15 is 0 Å². The van der Waals surface area contributed by atoms with Gasteiger partial charge >= 0.3 is 0 Å². The molecule has 0 saturated carbocycles. The first-order valence-electron chi connectivity index (χ1n) is 10.2. The van der Waals surface area contributed by atoms with Crippen molar-refractivity contribution >= 4 is 61.1 Å². The van der Waals surface area contributed by atoms with E-state index in [1.807, 2.05) is 30.3 Å². The van der Waals surface area contributed by atoms with Crippen molar-refractivity contribution in [2.45, 2.75) is 5.16 Å². The molecule has 5 aromatic rings. The Morgan fingerprint density at radius 3 is 2.65 bits per heavy atom. The summed E-state index contributed by atoms with van der Waals surface area (Å²) in [5.41, 5.74) is 1.83. The van der Waals surface area contributed by atoms with E-state index in [4.69, 9.17) is 0 Å². The second-order valence-corrected chi connectivity index (χ2v) is 9.14. The van der Waals surface area contributed by atoms with Crippen LogP contribution in [0.3, 0.4) is 0 Å². The topological polar surface area (TPSA) is 113 Å². The molecule has 0 radical (unpaired) electrons. The molecule has 0 spiro atoms. The number of nitrogens with one attached hydrogen (secondary N) is 1. The van der Waals surface area contributed by atoms with Crippen LogP contribution in [0.25, 0.3) is 27.5 Å². The number of fused-ring (bicyclic) bond motifs is 2. The van der Waals surface area contributed by atoms with Crippen LogP contribution in [0.15, 0.2) is 97.4 Å². The van der Waals surface area contributed by atoms with Gasteiger partial charge < -0.3 is 10.1 Å². The van der Waals surface area contributed by atoms with Crippen molar-refractivity contribution in [2.75, 3.05) is 5.75 Å². The standard InChI is InChI=1S/C24H16BrN5O3S/c25-14-10-11-19-17(12-14)21(22(32)26-19)29-28-20(31)13-34-24-27-18-9-5-4-8-16(18)23(33)30(24)15-6-2-1-3-7-15/h1-12,26,32H,13H2. The Bertz CT molecular complexity index is 1630. The van der Waals surface area contributed by atoms with E-state index in [0.717, 1.165) is 16.2 Å². The lowest BCUT2D eigenvalue weighted by molar-refractivity contribution is -0.115. The summed E-state index contributed by atoms with van der Waals surface area (Å²) in [7, 11) is 0. The van der Waals surface area contributed by atoms with E-state index in [9.17, 15) is 14.7 Å². The fourth-order valence-corrected chi connectivity index (χ4v) is 4.66. The molecule has 8 nitrogen and oxygen atoms in total. The molecule has 0 aliphatic carbocycles. The molecule has 0 unspecified atom stereocenters. The van der Waals surface area contributed by atoms with Crippen LogP contribution in [0.2, 0.25) is 0 Å². The second-order valence-electron chi connectivity index (χ2n) is 7.28. The van der Waals surface area contributed by atoms with E-state index in [2.05, 4.69) is 36.1 Å². The Balaban J connectivity index is 1.44. The lowest BCUT2D eigenvalue weighted by Gasteiger charge is -2.12. The van der Waals surface area contributed by atoms with E-state index in [-0.39, 0.29) is 22.9 Å². The zero-order valence-electron chi connectivity index (χ0n) is 17.5. The van der Waals surface area contributed by atoms with Crippen molar-refractivity contribution in [1.82, 2.24) is 14.5 Å². The van der Waals surface area contributed by atoms with Crippen LogP contribution >= 0.6 is 27.7 Å². The number of para-hydroxylation sites is 2. The predicted octanol–water partition coefficient (Wildman–Crippen LogP) is 5.74. The van der Waals surface area contributed by atoms with Gasteiger partial charge in [-0.15, -0.1) is 10.2 Å². The number of halogens is 1. The Morgan fingerprint density at radius 1 is 1.06 bits per heavy atom. The highest BCUT2D eigenvalue weighted by Crippen LogP contribution is 2.36. The van der Waals surface area contributed by atoms with Crippen LogP contribution in [-0.2, 0) is 4.79 Å². The van der Waals surface area contributed by atoms with Crippen molar-refractivity contribution in [3.8, 4) is 11.6 Å². The minimum atomic E-state index is -0.532. The summed E-state index contributed by atoms with van der Waals surface area (Å²) in [6.07, 6.45) is 0. The van der Waals surface area contributed by atoms with Gasteiger partial charge in [-0.3, -0.25) is 14.2 Å². The van der Waals surface area contributed by atoms with E-state index in [1.54, 1.807) is 42.5 Å². The van der Waals surface area contributed by atoms with Gasteiger partial charge in [0.25, 0.3) is 11.5 Å². The fourth-order valence-electron chi connectivity index (χ4n) is 3.51. The molecule has 2 N–H and O–H groups in total. The summed E-state index contributed by atoms with van der Waals surface area (Å²) < 4.78 is 2.29. The normalized spacial score (nSPS) is 11.6. The lowest BCUT2D eigenvalue weighted by Crippen LogP contribution is -2.22. The number of aromatic nitrogens is 3. The number of aromatic amines is 1. The van der Waals surface area contributed by atoms with E-state index in [0.29, 0.717) is 32.6 Å². The lowest BCUT2D eigenvalue weighted by atomic mass is 10.2. The monoisotopic (exact) mass is 533 g/mol. The van der Waals surface area contributed by atoms with Gasteiger partial charge in [0.1, 0.15) is 0 Å². The van der Waals surface area contributed by atoms with Crippen LogP contribution in [0.1, 0.15) is 0 Å². The number of benzene rings is 3. The van der Waals surface area contributed by atoms with Crippen LogP contribution in [0, 0.1) is 0 Å². The molecule has 1 amide bonds. The van der Waals surface area contributed by atoms with Gasteiger partial charge in [0.15, 0.2) is 10.8 Å². The summed E-state index contributed by atoms with van der Waals surface area (Å²) in [4.78, 5) is 33.1. The Kier molecular flexibility index (Phi) is 5.99. The zero-order valence-corrected chi connectivity index (χ0v) is 19.9. The van der Waals surface area contributed by atoms with Gasteiger partial charge in [0, 0.05) is 9.86 Å². The number of nitrogens with zero attached hydrogens (tertiary/aromatic N) is 4. The van der Waals surface area contributed by atoms with Gasteiger partial charge in [-0.05, 0) is 42.5 Å². The highest BCUT2D eigenvalue weighted by Gasteiger charge is 2.15. The van der Waals surface area contributed by atoms with Crippen LogP contribution in [0.5, 0.6) is 5.88 Å². The largest absolute Gasteiger partial charge is 0.493 e. The number of thioether (sulfide) groups is 1. The third kappa shape index (κ3) is 4.25. The molecular formula is C24H16BrN5O3S. The number of hydrogen-bond acceptors (Lipinski definition) is 6. The molecular weight excluding hydrogens is 518 g/mol. The Morgan fingerprint density at radius 2 is 1.82 bits per heavy atom. The molecule has 2 heterocycles. The molecule has 2 aromatic heterocycles. The smallest absolute Gasteiger partial charge is 0.275 e. The zero-order chi connectivity index (χ0) is 23.7. The van der Waals surface area contributed by atoms with Crippen molar-refractivity contribution in [1.29, 1.82) is 0 Å². The number of hydrogen-bond donors (Lipinski definition) is 2. The highest BCUT2D eigenvalue weighted by atomic mass is 79.9. The molecule has 0 aliphatic heterocycles. The number of azo groups is 1. The van der Waals surface area contributed by atoms with Crippen LogP contribution in [-0.4, -0.2) is 31.3 Å². The van der Waals surface area contributed by atoms with Gasteiger partial charge in [0.2, 0.25) is 5.88 Å². The van der Waals surface area contributed by atoms with Gasteiger partial charge in [0.05, 0.1) is 27.9 Å². The third-order valence-electron chi connectivity index (χ3n) is 5.06. The van der Waals surface area contributed by atoms with Gasteiger partial charge in [-0.2, -0.15) is 0 Å². The van der Waals surface area contributed by atoms with E-state index < -0.39 is 5.91 Å². The molecule has 3 aromatic carbocycles. The number of aromatic hydroxyl groups is 1. The minimum Gasteiger partial charge on any atom is -0.493 e. The molecule has 168 valence electrons. The maximum absolute atomic E-state index is 13.2. The summed E-state index contributed by atoms with van der Waals surface area (Å²) in [5.74, 6) is -0.796. The summed E-state index contributed by atoms with van der Waals surface area (Å²) in [6, 6.07) is 21.6. The minimum absolute atomic E-state index is 0.0894. The average Bonchev–Trinajstić information content (AvgIpc) is 3.16. The Labute approximate surface area is 205 Å². The Hall–Kier alpha value is -3.76. The summed E-state index contributed by atoms with van der Waals surface area (Å²) in [6.45, 7) is 0. The molecule has 0 fully saturated rings. The van der Waals surface area contributed by atoms with Crippen molar-refractivity contribution < 1.29 is 9.90 Å². The van der Waals surface area contributed by atoms with Crippen molar-refractivity contribution in [3.05, 3.63) is 87.6 Å². The number of carbonyl (C=O) groups excluding carboxylic acids is 1. The first-order chi connectivity index (χ1) is 16.5. The number of H-pyrrole nitrogens is 1. The van der Waals surface area contributed by atoms with Crippen molar-refractivity contribution in [2.24, 2.45) is 10.2 Å². The number of carbonyl (C=O) groups is 1. The molecule has 5 rings (SSSR count). The van der Waals surface area contributed by atoms with Gasteiger partial charge in [-0.25, -0.2) is 4.98 Å². The van der Waals surface area contributed by atoms with E-state index in [1.165, 1.54) is 4.57 Å². The van der Waals surface area contributed by atoms with Crippen LogP contribution < -0.4 is 5.56 Å². The summed E-state index contributed by atoms with van der Waals surface area (Å²) >= 11 is 4.48. The average molecular weight is 534 g/mol. The van der Waals surface area contributed by atoms with Crippen molar-refractivity contribution in [3.63, 3.8) is 0 Å². The fraction of sp³-hybridized carbons (Fsp3) is 0.0417.